The molecule has 4 heteroatoms. The van der Waals surface area contributed by atoms with Gasteiger partial charge in [0.2, 0.25) is 14.6 Å². The van der Waals surface area contributed by atoms with Gasteiger partial charge in [0.05, 0.1) is 0 Å². The maximum Gasteiger partial charge on any atom is 0.238 e. The van der Waals surface area contributed by atoms with Crippen LogP contribution < -0.4 is 0 Å². The molecule has 0 aliphatic rings. The fourth-order valence-corrected chi connectivity index (χ4v) is 1.92. The predicted octanol–water partition coefficient (Wildman–Crippen LogP) is 5.44. The topological polar surface area (TPSA) is 27.7 Å². The zero-order chi connectivity index (χ0) is 15.6. The highest BCUT2D eigenvalue weighted by Gasteiger charge is 2.39. The fraction of sp³-hybridized carbons (Fsp3) is 0.875. The fourth-order valence-electron chi connectivity index (χ4n) is 1.34. The molecule has 0 bridgehead atoms. The third-order valence-electron chi connectivity index (χ3n) is 3.91. The van der Waals surface area contributed by atoms with E-state index in [1.165, 1.54) is 25.7 Å². The zero-order valence-electron chi connectivity index (χ0n) is 14.5. The normalized spacial score (nSPS) is 14.9. The number of allylic oxidation sites excluding steroid dienone is 1. The third-order valence-corrected chi connectivity index (χ3v) is 8.03. The Morgan fingerprint density at radius 1 is 1.10 bits per heavy atom. The highest BCUT2D eigenvalue weighted by molar-refractivity contribution is 6.73. The van der Waals surface area contributed by atoms with Gasteiger partial charge in [-0.3, -0.25) is 4.58 Å². The molecule has 0 saturated heterocycles. The Labute approximate surface area is 126 Å². The first-order valence-corrected chi connectivity index (χ1v) is 10.7. The Balaban J connectivity index is 4.07. The Morgan fingerprint density at radius 3 is 2.25 bits per heavy atom. The van der Waals surface area contributed by atoms with Gasteiger partial charge in [-0.15, -0.1) is 0 Å². The summed E-state index contributed by atoms with van der Waals surface area (Å²) in [5.41, 5.74) is 0. The van der Waals surface area contributed by atoms with Crippen molar-refractivity contribution in [1.82, 2.24) is 0 Å². The minimum absolute atomic E-state index is 0.134. The van der Waals surface area contributed by atoms with Crippen molar-refractivity contribution in [1.29, 1.82) is 0 Å². The summed E-state index contributed by atoms with van der Waals surface area (Å²) in [7, 11) is -0.245. The van der Waals surface area contributed by atoms with Gasteiger partial charge in [-0.1, -0.05) is 53.0 Å². The maximum absolute atomic E-state index is 5.71. The number of rotatable bonds is 10. The molecular formula is C16H34O3Si. The van der Waals surface area contributed by atoms with E-state index >= 15 is 0 Å². The summed E-state index contributed by atoms with van der Waals surface area (Å²) in [6, 6.07) is 0. The van der Waals surface area contributed by atoms with Crippen LogP contribution in [-0.2, 0) is 14.2 Å². The molecule has 0 aromatic heterocycles. The van der Waals surface area contributed by atoms with E-state index in [-0.39, 0.29) is 5.04 Å². The quantitative estimate of drug-likeness (QED) is 0.134. The largest absolute Gasteiger partial charge is 0.350 e. The standard InChI is InChI=1S/C16H34O3Si/c1-8-9-10-11-12-13-14-15(17-5)18-19-20(6,7)16(2,3)4/h13-15H,8-12H2,1-7H3/b14-13+. The highest BCUT2D eigenvalue weighted by Crippen LogP contribution is 2.36. The van der Waals surface area contributed by atoms with Gasteiger partial charge in [0.15, 0.2) is 0 Å². The summed E-state index contributed by atoms with van der Waals surface area (Å²) < 4.78 is 11.0. The second-order valence-electron chi connectivity index (χ2n) is 6.82. The number of methoxy groups -OCH3 is 1. The summed E-state index contributed by atoms with van der Waals surface area (Å²) in [5, 5.41) is 0.134. The smallest absolute Gasteiger partial charge is 0.238 e. The molecule has 0 saturated carbocycles. The molecule has 1 atom stereocenters. The van der Waals surface area contributed by atoms with Gasteiger partial charge < -0.3 is 4.74 Å². The van der Waals surface area contributed by atoms with Gasteiger partial charge in [-0.05, 0) is 37.0 Å². The van der Waals surface area contributed by atoms with Gasteiger partial charge in [0.1, 0.15) is 0 Å². The first kappa shape index (κ1) is 19.8. The molecule has 0 N–H and O–H groups in total. The van der Waals surface area contributed by atoms with Crippen molar-refractivity contribution < 1.29 is 14.2 Å². The van der Waals surface area contributed by atoms with Crippen LogP contribution in [-0.4, -0.2) is 21.7 Å². The van der Waals surface area contributed by atoms with E-state index in [4.69, 9.17) is 14.2 Å². The average molecular weight is 303 g/mol. The molecule has 0 spiro atoms. The molecule has 0 aromatic carbocycles. The monoisotopic (exact) mass is 302 g/mol. The van der Waals surface area contributed by atoms with E-state index < -0.39 is 14.6 Å². The molecule has 0 aliphatic carbocycles. The summed E-state index contributed by atoms with van der Waals surface area (Å²) in [4.78, 5) is 5.46. The van der Waals surface area contributed by atoms with Crippen LogP contribution in [0.1, 0.15) is 59.8 Å². The molecule has 3 nitrogen and oxygen atoms in total. The molecule has 0 aliphatic heterocycles. The zero-order valence-corrected chi connectivity index (χ0v) is 15.5. The lowest BCUT2D eigenvalue weighted by molar-refractivity contribution is -0.305. The molecule has 0 aromatic rings. The minimum atomic E-state index is -1.89. The summed E-state index contributed by atoms with van der Waals surface area (Å²) in [5.74, 6) is 0. The molecule has 20 heavy (non-hydrogen) atoms. The van der Waals surface area contributed by atoms with Crippen LogP contribution in [0, 0.1) is 0 Å². The lowest BCUT2D eigenvalue weighted by atomic mass is 10.1. The van der Waals surface area contributed by atoms with E-state index in [0.717, 1.165) is 6.42 Å². The van der Waals surface area contributed by atoms with E-state index in [9.17, 15) is 0 Å². The number of hydrogen-bond acceptors (Lipinski definition) is 3. The molecule has 0 rings (SSSR count). The number of ether oxygens (including phenoxy) is 1. The molecule has 0 fully saturated rings. The second kappa shape index (κ2) is 9.72. The van der Waals surface area contributed by atoms with Crippen LogP contribution in [0.5, 0.6) is 0 Å². The highest BCUT2D eigenvalue weighted by atomic mass is 28.4. The molecule has 0 radical (unpaired) electrons. The summed E-state index contributed by atoms with van der Waals surface area (Å²) in [6.45, 7) is 13.1. The van der Waals surface area contributed by atoms with Crippen molar-refractivity contribution in [3.05, 3.63) is 12.2 Å². The summed E-state index contributed by atoms with van der Waals surface area (Å²) >= 11 is 0. The van der Waals surface area contributed by atoms with Crippen molar-refractivity contribution in [2.45, 2.75) is 84.2 Å². The van der Waals surface area contributed by atoms with Crippen LogP contribution >= 0.6 is 0 Å². The van der Waals surface area contributed by atoms with Gasteiger partial charge in [-0.25, -0.2) is 4.89 Å². The molecule has 0 heterocycles. The van der Waals surface area contributed by atoms with Gasteiger partial charge in [0, 0.05) is 7.11 Å². The van der Waals surface area contributed by atoms with E-state index in [0.29, 0.717) is 0 Å². The Bertz CT molecular complexity index is 269. The van der Waals surface area contributed by atoms with Crippen LogP contribution in [0.15, 0.2) is 12.2 Å². The average Bonchev–Trinajstić information content (AvgIpc) is 2.35. The molecular weight excluding hydrogens is 268 g/mol. The van der Waals surface area contributed by atoms with Gasteiger partial charge in [0.25, 0.3) is 0 Å². The Kier molecular flexibility index (Phi) is 9.64. The number of hydrogen-bond donors (Lipinski definition) is 0. The van der Waals surface area contributed by atoms with Crippen LogP contribution in [0.4, 0.5) is 0 Å². The number of unbranched alkanes of at least 4 members (excludes halogenated alkanes) is 4. The van der Waals surface area contributed by atoms with E-state index in [2.05, 4.69) is 46.9 Å². The maximum atomic E-state index is 5.71. The van der Waals surface area contributed by atoms with Crippen molar-refractivity contribution in [3.8, 4) is 0 Å². The lowest BCUT2D eigenvalue weighted by Gasteiger charge is -2.34. The third kappa shape index (κ3) is 8.20. The van der Waals surface area contributed by atoms with Crippen LogP contribution in [0.2, 0.25) is 18.1 Å². The van der Waals surface area contributed by atoms with Gasteiger partial charge in [-0.2, -0.15) is 0 Å². The Morgan fingerprint density at radius 2 is 1.75 bits per heavy atom. The molecule has 0 amide bonds. The van der Waals surface area contributed by atoms with Crippen molar-refractivity contribution in [2.24, 2.45) is 0 Å². The Hall–Kier alpha value is -0.163. The lowest BCUT2D eigenvalue weighted by Crippen LogP contribution is -2.41. The first-order chi connectivity index (χ1) is 9.24. The predicted molar refractivity (Wildman–Crippen MR) is 88.1 cm³/mol. The summed E-state index contributed by atoms with van der Waals surface area (Å²) in [6.07, 6.45) is 9.83. The SMILES string of the molecule is CCCCCC/C=C/C(OC)OO[Si](C)(C)C(C)(C)C. The van der Waals surface area contributed by atoms with Crippen LogP contribution in [0.3, 0.4) is 0 Å². The van der Waals surface area contributed by atoms with Crippen molar-refractivity contribution in [3.63, 3.8) is 0 Å². The van der Waals surface area contributed by atoms with Crippen LogP contribution in [0.25, 0.3) is 0 Å². The molecule has 120 valence electrons. The first-order valence-electron chi connectivity index (χ1n) is 7.78. The van der Waals surface area contributed by atoms with Gasteiger partial charge >= 0.3 is 0 Å². The van der Waals surface area contributed by atoms with Crippen molar-refractivity contribution in [2.75, 3.05) is 7.11 Å². The van der Waals surface area contributed by atoms with Crippen molar-refractivity contribution >= 4 is 8.32 Å². The van der Waals surface area contributed by atoms with E-state index in [1.54, 1.807) is 7.11 Å². The second-order valence-corrected chi connectivity index (χ2v) is 11.5. The van der Waals surface area contributed by atoms with E-state index in [1.807, 2.05) is 6.08 Å². The molecule has 1 unspecified atom stereocenters. The minimum Gasteiger partial charge on any atom is -0.350 e.